The lowest BCUT2D eigenvalue weighted by atomic mass is 9.85. The van der Waals surface area contributed by atoms with Crippen molar-refractivity contribution >= 4 is 22.1 Å². The van der Waals surface area contributed by atoms with Crippen molar-refractivity contribution in [3.63, 3.8) is 0 Å². The molecule has 0 unspecified atom stereocenters. The number of aryl methyl sites for hydroxylation is 1. The summed E-state index contributed by atoms with van der Waals surface area (Å²) in [6, 6.07) is 12.1. The van der Waals surface area contributed by atoms with E-state index in [0.717, 1.165) is 40.7 Å². The SMILES string of the molecule is C[C@@H]1CCCC[C@@H]1n1c(=O)n(CCCOc2ccccc2)c2cnc3[nH]ccc3c21. The molecule has 0 spiro atoms. The van der Waals surface area contributed by atoms with E-state index in [9.17, 15) is 4.79 Å². The Morgan fingerprint density at radius 1 is 1.17 bits per heavy atom. The molecule has 0 saturated heterocycles. The van der Waals surface area contributed by atoms with Crippen molar-refractivity contribution in [2.45, 2.75) is 51.6 Å². The van der Waals surface area contributed by atoms with Gasteiger partial charge in [0.15, 0.2) is 0 Å². The molecular formula is C24H28N4O2. The summed E-state index contributed by atoms with van der Waals surface area (Å²) < 4.78 is 9.79. The van der Waals surface area contributed by atoms with Gasteiger partial charge in [-0.1, -0.05) is 38.0 Å². The fourth-order valence-electron chi connectivity index (χ4n) is 4.90. The molecule has 1 aliphatic rings. The Kier molecular flexibility index (Phi) is 5.07. The van der Waals surface area contributed by atoms with Crippen LogP contribution < -0.4 is 10.4 Å². The number of aromatic nitrogens is 4. The van der Waals surface area contributed by atoms with Crippen molar-refractivity contribution in [3.05, 3.63) is 59.3 Å². The average Bonchev–Trinajstić information content (AvgIpc) is 3.35. The van der Waals surface area contributed by atoms with Gasteiger partial charge in [-0.3, -0.25) is 9.13 Å². The van der Waals surface area contributed by atoms with Crippen LogP contribution in [0.25, 0.3) is 22.1 Å². The Balaban J connectivity index is 1.50. The molecule has 6 nitrogen and oxygen atoms in total. The number of hydrogen-bond donors (Lipinski definition) is 1. The van der Waals surface area contributed by atoms with E-state index in [4.69, 9.17) is 4.74 Å². The minimum absolute atomic E-state index is 0.0824. The first-order valence-electron chi connectivity index (χ1n) is 11.0. The maximum absolute atomic E-state index is 13.6. The van der Waals surface area contributed by atoms with E-state index >= 15 is 0 Å². The molecule has 0 bridgehead atoms. The van der Waals surface area contributed by atoms with Crippen molar-refractivity contribution < 1.29 is 4.74 Å². The number of ether oxygens (including phenoxy) is 1. The smallest absolute Gasteiger partial charge is 0.329 e. The number of benzene rings is 1. The molecule has 0 amide bonds. The predicted octanol–water partition coefficient (Wildman–Crippen LogP) is 4.90. The van der Waals surface area contributed by atoms with Crippen LogP contribution in [0, 0.1) is 5.92 Å². The molecule has 1 aromatic carbocycles. The number of fused-ring (bicyclic) bond motifs is 3. The number of nitrogens with one attached hydrogen (secondary N) is 1. The molecule has 0 aliphatic heterocycles. The zero-order chi connectivity index (χ0) is 20.5. The molecule has 5 rings (SSSR count). The maximum atomic E-state index is 13.6. The first-order valence-corrected chi connectivity index (χ1v) is 11.0. The average molecular weight is 405 g/mol. The third-order valence-electron chi connectivity index (χ3n) is 6.44. The standard InChI is InChI=1S/C24H28N4O2/c1-17-8-5-6-11-20(17)28-22-19-12-13-25-23(19)26-16-21(22)27(24(28)29)14-7-15-30-18-9-3-2-4-10-18/h2-4,9-10,12-13,16-17,20H,5-8,11,14-15H2,1H3,(H,25,26)/t17-,20+/m1/s1. The fraction of sp³-hybridized carbons (Fsp3) is 0.417. The summed E-state index contributed by atoms with van der Waals surface area (Å²) in [5.74, 6) is 1.36. The van der Waals surface area contributed by atoms with Gasteiger partial charge in [-0.2, -0.15) is 0 Å². The van der Waals surface area contributed by atoms with Gasteiger partial charge in [0.25, 0.3) is 0 Å². The van der Waals surface area contributed by atoms with Gasteiger partial charge in [0.1, 0.15) is 11.4 Å². The first kappa shape index (κ1) is 19.0. The summed E-state index contributed by atoms with van der Waals surface area (Å²) in [7, 11) is 0. The quantitative estimate of drug-likeness (QED) is 0.465. The molecule has 3 aromatic heterocycles. The Morgan fingerprint density at radius 2 is 2.00 bits per heavy atom. The highest BCUT2D eigenvalue weighted by Crippen LogP contribution is 2.36. The number of hydrogen-bond acceptors (Lipinski definition) is 3. The number of imidazole rings is 1. The van der Waals surface area contributed by atoms with Crippen LogP contribution in [-0.2, 0) is 6.54 Å². The lowest BCUT2D eigenvalue weighted by Gasteiger charge is -2.29. The van der Waals surface area contributed by atoms with E-state index in [1.165, 1.54) is 19.3 Å². The van der Waals surface area contributed by atoms with Crippen LogP contribution in [0.3, 0.4) is 0 Å². The monoisotopic (exact) mass is 404 g/mol. The zero-order valence-electron chi connectivity index (χ0n) is 17.4. The number of aromatic amines is 1. The lowest BCUT2D eigenvalue weighted by Crippen LogP contribution is -2.32. The van der Waals surface area contributed by atoms with Crippen molar-refractivity contribution in [2.75, 3.05) is 6.61 Å². The molecule has 156 valence electrons. The second-order valence-electron chi connectivity index (χ2n) is 8.38. The lowest BCUT2D eigenvalue weighted by molar-refractivity contribution is 0.255. The van der Waals surface area contributed by atoms with E-state index in [1.807, 2.05) is 53.4 Å². The topological polar surface area (TPSA) is 64.8 Å². The van der Waals surface area contributed by atoms with Crippen LogP contribution in [0.2, 0.25) is 0 Å². The fourth-order valence-corrected chi connectivity index (χ4v) is 4.90. The Hall–Kier alpha value is -3.02. The molecular weight excluding hydrogens is 376 g/mol. The molecule has 6 heteroatoms. The normalized spacial score (nSPS) is 19.5. The number of rotatable bonds is 6. The largest absolute Gasteiger partial charge is 0.494 e. The summed E-state index contributed by atoms with van der Waals surface area (Å²) in [5, 5.41) is 1.03. The number of H-pyrrole nitrogens is 1. The zero-order valence-corrected chi connectivity index (χ0v) is 17.4. The summed E-state index contributed by atoms with van der Waals surface area (Å²) in [5.41, 5.74) is 2.86. The third-order valence-corrected chi connectivity index (χ3v) is 6.44. The van der Waals surface area contributed by atoms with Crippen LogP contribution in [0.1, 0.15) is 45.1 Å². The molecule has 1 saturated carbocycles. The van der Waals surface area contributed by atoms with E-state index in [1.54, 1.807) is 0 Å². The predicted molar refractivity (Wildman–Crippen MR) is 119 cm³/mol. The van der Waals surface area contributed by atoms with Gasteiger partial charge in [0, 0.05) is 24.2 Å². The summed E-state index contributed by atoms with van der Waals surface area (Å²) in [6.07, 6.45) is 9.18. The molecule has 2 atom stereocenters. The molecule has 0 radical (unpaired) electrons. The molecule has 30 heavy (non-hydrogen) atoms. The maximum Gasteiger partial charge on any atom is 0.329 e. The third kappa shape index (κ3) is 3.30. The van der Waals surface area contributed by atoms with Gasteiger partial charge < -0.3 is 9.72 Å². The van der Waals surface area contributed by atoms with Gasteiger partial charge in [-0.25, -0.2) is 9.78 Å². The molecule has 4 aromatic rings. The minimum atomic E-state index is 0.0824. The molecule has 1 fully saturated rings. The highest BCUT2D eigenvalue weighted by atomic mass is 16.5. The van der Waals surface area contributed by atoms with Crippen molar-refractivity contribution in [1.29, 1.82) is 0 Å². The van der Waals surface area contributed by atoms with Crippen molar-refractivity contribution in [2.24, 2.45) is 5.92 Å². The Morgan fingerprint density at radius 3 is 2.83 bits per heavy atom. The van der Waals surface area contributed by atoms with E-state index in [0.29, 0.717) is 19.1 Å². The summed E-state index contributed by atoms with van der Waals surface area (Å²) in [6.45, 7) is 3.47. The van der Waals surface area contributed by atoms with Crippen LogP contribution in [-0.4, -0.2) is 25.7 Å². The van der Waals surface area contributed by atoms with Gasteiger partial charge in [0.2, 0.25) is 0 Å². The van der Waals surface area contributed by atoms with E-state index in [2.05, 4.69) is 21.5 Å². The van der Waals surface area contributed by atoms with E-state index < -0.39 is 0 Å². The molecule has 1 N–H and O–H groups in total. The minimum Gasteiger partial charge on any atom is -0.494 e. The molecule has 3 heterocycles. The summed E-state index contributed by atoms with van der Waals surface area (Å²) >= 11 is 0. The van der Waals surface area contributed by atoms with Gasteiger partial charge >= 0.3 is 5.69 Å². The van der Waals surface area contributed by atoms with Crippen molar-refractivity contribution in [3.8, 4) is 5.75 Å². The van der Waals surface area contributed by atoms with Gasteiger partial charge in [-0.05, 0) is 43.4 Å². The van der Waals surface area contributed by atoms with Gasteiger partial charge in [-0.15, -0.1) is 0 Å². The first-order chi connectivity index (χ1) is 14.7. The second kappa shape index (κ2) is 8.01. The van der Waals surface area contributed by atoms with Crippen molar-refractivity contribution in [1.82, 2.24) is 19.1 Å². The number of nitrogens with zero attached hydrogens (tertiary/aromatic N) is 3. The summed E-state index contributed by atoms with van der Waals surface area (Å²) in [4.78, 5) is 21.4. The van der Waals surface area contributed by atoms with Crippen LogP contribution >= 0.6 is 0 Å². The second-order valence-corrected chi connectivity index (χ2v) is 8.38. The van der Waals surface area contributed by atoms with Crippen LogP contribution in [0.4, 0.5) is 0 Å². The van der Waals surface area contributed by atoms with E-state index in [-0.39, 0.29) is 11.7 Å². The highest BCUT2D eigenvalue weighted by Gasteiger charge is 2.28. The Labute approximate surface area is 175 Å². The van der Waals surface area contributed by atoms with Gasteiger partial charge in [0.05, 0.1) is 23.8 Å². The highest BCUT2D eigenvalue weighted by molar-refractivity contribution is 6.01. The van der Waals surface area contributed by atoms with Crippen LogP contribution in [0.5, 0.6) is 5.75 Å². The number of para-hydroxylation sites is 1. The number of pyridine rings is 1. The Bertz CT molecular complexity index is 1200. The molecule has 1 aliphatic carbocycles. The van der Waals surface area contributed by atoms with Crippen LogP contribution in [0.15, 0.2) is 53.6 Å².